The number of rotatable bonds is 4. The number of halogens is 1. The van der Waals surface area contributed by atoms with E-state index in [1.807, 2.05) is 12.1 Å². The third kappa shape index (κ3) is 3.80. The lowest BCUT2D eigenvalue weighted by Crippen LogP contribution is -2.35. The van der Waals surface area contributed by atoms with Crippen molar-refractivity contribution in [2.75, 3.05) is 31.6 Å². The second-order valence-corrected chi connectivity index (χ2v) is 5.96. The minimum atomic E-state index is -0.286. The first-order valence-corrected chi connectivity index (χ1v) is 8.11. The van der Waals surface area contributed by atoms with Gasteiger partial charge in [0.25, 0.3) is 5.91 Å². The number of aromatic nitrogens is 2. The fourth-order valence-electron chi connectivity index (χ4n) is 2.21. The fourth-order valence-corrected chi connectivity index (χ4v) is 2.89. The normalized spacial score (nSPS) is 15.7. The predicted octanol–water partition coefficient (Wildman–Crippen LogP) is 2.28. The molecular formula is C14H15ClN4O2S. The number of amides is 1. The van der Waals surface area contributed by atoms with Gasteiger partial charge in [0.2, 0.25) is 0 Å². The van der Waals surface area contributed by atoms with Crippen LogP contribution < -0.4 is 5.32 Å². The van der Waals surface area contributed by atoms with Crippen LogP contribution in [-0.4, -0.2) is 46.7 Å². The molecule has 2 aromatic rings. The van der Waals surface area contributed by atoms with Crippen LogP contribution in [0.4, 0.5) is 5.69 Å². The van der Waals surface area contributed by atoms with Gasteiger partial charge in [-0.1, -0.05) is 22.2 Å². The molecule has 1 aliphatic rings. The maximum atomic E-state index is 11.9. The van der Waals surface area contributed by atoms with Crippen LogP contribution in [-0.2, 0) is 11.3 Å². The lowest BCUT2D eigenvalue weighted by molar-refractivity contribution is 0.0342. The van der Waals surface area contributed by atoms with E-state index in [1.54, 1.807) is 11.4 Å². The van der Waals surface area contributed by atoms with Crippen molar-refractivity contribution in [1.29, 1.82) is 0 Å². The van der Waals surface area contributed by atoms with Crippen LogP contribution in [0.2, 0.25) is 5.02 Å². The Morgan fingerprint density at radius 2 is 2.23 bits per heavy atom. The van der Waals surface area contributed by atoms with Gasteiger partial charge in [-0.15, -0.1) is 5.10 Å². The van der Waals surface area contributed by atoms with Crippen molar-refractivity contribution < 1.29 is 9.53 Å². The van der Waals surface area contributed by atoms with Crippen molar-refractivity contribution in [3.8, 4) is 0 Å². The number of anilines is 1. The smallest absolute Gasteiger partial charge is 0.277 e. The molecule has 1 amide bonds. The number of carbonyl (C=O) groups is 1. The van der Waals surface area contributed by atoms with Crippen LogP contribution in [0.25, 0.3) is 0 Å². The summed E-state index contributed by atoms with van der Waals surface area (Å²) >= 11 is 7.46. The average Bonchev–Trinajstić information content (AvgIpc) is 3.05. The van der Waals surface area contributed by atoms with Crippen molar-refractivity contribution in [3.63, 3.8) is 0 Å². The quantitative estimate of drug-likeness (QED) is 0.926. The standard InChI is InChI=1S/C14H15ClN4O2S/c15-12-7-11(16-14(20)13-9-22-18-17-13)2-1-10(12)8-19-3-5-21-6-4-19/h1-2,7,9H,3-6,8H2,(H,16,20). The molecule has 1 N–H and O–H groups in total. The first-order chi connectivity index (χ1) is 10.7. The van der Waals surface area contributed by atoms with Crippen LogP contribution >= 0.6 is 23.1 Å². The molecule has 0 radical (unpaired) electrons. The van der Waals surface area contributed by atoms with Gasteiger partial charge in [0.1, 0.15) is 0 Å². The van der Waals surface area contributed by atoms with Crippen molar-refractivity contribution >= 4 is 34.7 Å². The number of hydrogen-bond acceptors (Lipinski definition) is 6. The van der Waals surface area contributed by atoms with Crippen LogP contribution in [0.15, 0.2) is 23.6 Å². The number of carbonyl (C=O) groups excluding carboxylic acids is 1. The maximum Gasteiger partial charge on any atom is 0.277 e. The van der Waals surface area contributed by atoms with Gasteiger partial charge in [-0.2, -0.15) is 0 Å². The third-order valence-electron chi connectivity index (χ3n) is 3.40. The highest BCUT2D eigenvalue weighted by molar-refractivity contribution is 7.03. The number of ether oxygens (including phenoxy) is 1. The molecular weight excluding hydrogens is 324 g/mol. The van der Waals surface area contributed by atoms with Crippen molar-refractivity contribution in [3.05, 3.63) is 39.9 Å². The van der Waals surface area contributed by atoms with E-state index < -0.39 is 0 Å². The molecule has 0 saturated carbocycles. The van der Waals surface area contributed by atoms with E-state index in [-0.39, 0.29) is 5.91 Å². The van der Waals surface area contributed by atoms with Gasteiger partial charge in [0.05, 0.1) is 13.2 Å². The van der Waals surface area contributed by atoms with Gasteiger partial charge >= 0.3 is 0 Å². The van der Waals surface area contributed by atoms with E-state index >= 15 is 0 Å². The zero-order valence-electron chi connectivity index (χ0n) is 11.8. The molecule has 1 aromatic carbocycles. The Morgan fingerprint density at radius 3 is 2.91 bits per heavy atom. The molecule has 0 bridgehead atoms. The summed E-state index contributed by atoms with van der Waals surface area (Å²) < 4.78 is 9.00. The summed E-state index contributed by atoms with van der Waals surface area (Å²) in [6.45, 7) is 4.12. The van der Waals surface area contributed by atoms with Gasteiger partial charge in [0.15, 0.2) is 5.69 Å². The van der Waals surface area contributed by atoms with Crippen molar-refractivity contribution in [2.45, 2.75) is 6.54 Å². The number of benzene rings is 1. The Morgan fingerprint density at radius 1 is 1.41 bits per heavy atom. The Hall–Kier alpha value is -1.54. The monoisotopic (exact) mass is 338 g/mol. The Labute approximate surface area is 137 Å². The van der Waals surface area contributed by atoms with E-state index in [0.29, 0.717) is 16.4 Å². The topological polar surface area (TPSA) is 67.4 Å². The molecule has 2 heterocycles. The molecule has 0 unspecified atom stereocenters. The maximum absolute atomic E-state index is 11.9. The van der Waals surface area contributed by atoms with E-state index in [2.05, 4.69) is 19.8 Å². The van der Waals surface area contributed by atoms with Gasteiger partial charge in [-0.25, -0.2) is 0 Å². The molecule has 1 saturated heterocycles. The Balaban J connectivity index is 1.65. The largest absolute Gasteiger partial charge is 0.379 e. The lowest BCUT2D eigenvalue weighted by Gasteiger charge is -2.27. The van der Waals surface area contributed by atoms with Crippen molar-refractivity contribution in [2.24, 2.45) is 0 Å². The summed E-state index contributed by atoms with van der Waals surface area (Å²) in [5.74, 6) is -0.286. The van der Waals surface area contributed by atoms with Crippen LogP contribution in [0.1, 0.15) is 16.1 Å². The summed E-state index contributed by atoms with van der Waals surface area (Å²) in [6.07, 6.45) is 0. The van der Waals surface area contributed by atoms with E-state index in [9.17, 15) is 4.79 Å². The highest BCUT2D eigenvalue weighted by atomic mass is 35.5. The molecule has 0 atom stereocenters. The Bertz CT molecular complexity index is 644. The van der Waals surface area contributed by atoms with E-state index in [1.165, 1.54) is 0 Å². The molecule has 0 spiro atoms. The van der Waals surface area contributed by atoms with Crippen LogP contribution in [0.3, 0.4) is 0 Å². The van der Waals surface area contributed by atoms with Gasteiger partial charge < -0.3 is 10.1 Å². The van der Waals surface area contributed by atoms with Crippen LogP contribution in [0.5, 0.6) is 0 Å². The molecule has 0 aliphatic carbocycles. The first-order valence-electron chi connectivity index (χ1n) is 6.89. The second kappa shape index (κ2) is 7.15. The summed E-state index contributed by atoms with van der Waals surface area (Å²) in [4.78, 5) is 14.2. The van der Waals surface area contributed by atoms with E-state index in [0.717, 1.165) is 49.9 Å². The zero-order valence-corrected chi connectivity index (χ0v) is 13.4. The molecule has 8 heteroatoms. The molecule has 6 nitrogen and oxygen atoms in total. The molecule has 1 aromatic heterocycles. The predicted molar refractivity (Wildman–Crippen MR) is 85.4 cm³/mol. The number of hydrogen-bond donors (Lipinski definition) is 1. The number of nitrogens with zero attached hydrogens (tertiary/aromatic N) is 3. The SMILES string of the molecule is O=C(Nc1ccc(CN2CCOCC2)c(Cl)c1)c1csnn1. The summed E-state index contributed by atoms with van der Waals surface area (Å²) in [5.41, 5.74) is 1.99. The summed E-state index contributed by atoms with van der Waals surface area (Å²) in [5, 5.41) is 8.74. The minimum absolute atomic E-state index is 0.286. The third-order valence-corrected chi connectivity index (χ3v) is 4.26. The lowest BCUT2D eigenvalue weighted by atomic mass is 10.2. The van der Waals surface area contributed by atoms with Gasteiger partial charge in [-0.05, 0) is 29.2 Å². The van der Waals surface area contributed by atoms with Gasteiger partial charge in [-0.3, -0.25) is 9.69 Å². The zero-order chi connectivity index (χ0) is 15.4. The van der Waals surface area contributed by atoms with Gasteiger partial charge in [0, 0.05) is 35.7 Å². The Kier molecular flexibility index (Phi) is 4.99. The summed E-state index contributed by atoms with van der Waals surface area (Å²) in [7, 11) is 0. The number of nitrogens with one attached hydrogen (secondary N) is 1. The number of morpholine rings is 1. The fraction of sp³-hybridized carbons (Fsp3) is 0.357. The van der Waals surface area contributed by atoms with Crippen molar-refractivity contribution in [1.82, 2.24) is 14.5 Å². The first kappa shape index (κ1) is 15.4. The highest BCUT2D eigenvalue weighted by Gasteiger charge is 2.14. The average molecular weight is 339 g/mol. The molecule has 1 aliphatic heterocycles. The molecule has 116 valence electrons. The molecule has 3 rings (SSSR count). The molecule has 1 fully saturated rings. The highest BCUT2D eigenvalue weighted by Crippen LogP contribution is 2.23. The van der Waals surface area contributed by atoms with Crippen LogP contribution in [0, 0.1) is 0 Å². The molecule has 22 heavy (non-hydrogen) atoms. The summed E-state index contributed by atoms with van der Waals surface area (Å²) in [6, 6.07) is 5.54. The van der Waals surface area contributed by atoms with E-state index in [4.69, 9.17) is 16.3 Å². The minimum Gasteiger partial charge on any atom is -0.379 e. The second-order valence-electron chi connectivity index (χ2n) is 4.94.